The third-order valence-electron chi connectivity index (χ3n) is 3.97. The number of nitrogens with two attached hydrogens (primary N) is 1. The van der Waals surface area contributed by atoms with E-state index in [1.165, 1.54) is 0 Å². The van der Waals surface area contributed by atoms with Crippen LogP contribution in [0.25, 0.3) is 0 Å². The summed E-state index contributed by atoms with van der Waals surface area (Å²) in [5.74, 6) is 0.578. The van der Waals surface area contributed by atoms with Gasteiger partial charge in [-0.2, -0.15) is 4.98 Å². The fourth-order valence-corrected chi connectivity index (χ4v) is 2.58. The van der Waals surface area contributed by atoms with Gasteiger partial charge in [-0.25, -0.2) is 4.79 Å². The van der Waals surface area contributed by atoms with Crippen molar-refractivity contribution in [2.45, 2.75) is 64.0 Å². The first-order chi connectivity index (χ1) is 10.3. The van der Waals surface area contributed by atoms with Crippen LogP contribution < -0.4 is 16.4 Å². The molecule has 4 N–H and O–H groups in total. The Morgan fingerprint density at radius 2 is 1.91 bits per heavy atom. The summed E-state index contributed by atoms with van der Waals surface area (Å²) in [5, 5.41) is 9.27. The van der Waals surface area contributed by atoms with E-state index in [9.17, 15) is 9.59 Å². The number of primary amides is 1. The van der Waals surface area contributed by atoms with Gasteiger partial charge in [0.25, 0.3) is 0 Å². The van der Waals surface area contributed by atoms with Crippen LogP contribution in [0.4, 0.5) is 4.79 Å². The fourth-order valence-electron chi connectivity index (χ4n) is 2.58. The quantitative estimate of drug-likeness (QED) is 0.757. The molecule has 0 aromatic carbocycles. The maximum atomic E-state index is 12.1. The number of hydrogen-bond acceptors (Lipinski definition) is 5. The van der Waals surface area contributed by atoms with Gasteiger partial charge in [-0.05, 0) is 19.8 Å². The molecule has 1 fully saturated rings. The highest BCUT2D eigenvalue weighted by Crippen LogP contribution is 2.29. The van der Waals surface area contributed by atoms with Crippen LogP contribution in [0.15, 0.2) is 4.52 Å². The van der Waals surface area contributed by atoms with Crippen LogP contribution in [0, 0.1) is 0 Å². The van der Waals surface area contributed by atoms with Crippen LogP contribution in [0.1, 0.15) is 70.1 Å². The summed E-state index contributed by atoms with van der Waals surface area (Å²) in [6, 6.07) is -0.913. The van der Waals surface area contributed by atoms with Crippen molar-refractivity contribution in [3.05, 3.63) is 11.7 Å². The first-order valence-corrected chi connectivity index (χ1v) is 7.56. The molecule has 1 atom stereocenters. The Balaban J connectivity index is 1.97. The number of urea groups is 1. The van der Waals surface area contributed by atoms with Gasteiger partial charge in [0, 0.05) is 5.92 Å². The first kappa shape index (κ1) is 16.3. The van der Waals surface area contributed by atoms with Gasteiger partial charge in [0.2, 0.25) is 11.8 Å². The van der Waals surface area contributed by atoms with Crippen LogP contribution in [0.2, 0.25) is 0 Å². The highest BCUT2D eigenvalue weighted by atomic mass is 16.5. The van der Waals surface area contributed by atoms with Gasteiger partial charge in [0.1, 0.15) is 11.6 Å². The molecule has 3 amide bonds. The normalized spacial score (nSPS) is 18.2. The van der Waals surface area contributed by atoms with Gasteiger partial charge >= 0.3 is 6.03 Å². The predicted molar refractivity (Wildman–Crippen MR) is 78.9 cm³/mol. The van der Waals surface area contributed by atoms with Crippen molar-refractivity contribution in [2.24, 2.45) is 5.73 Å². The second kappa shape index (κ2) is 6.33. The maximum Gasteiger partial charge on any atom is 0.316 e. The fraction of sp³-hybridized carbons (Fsp3) is 0.714. The highest BCUT2D eigenvalue weighted by Gasteiger charge is 2.41. The molecular formula is C14H23N5O3. The van der Waals surface area contributed by atoms with E-state index >= 15 is 0 Å². The van der Waals surface area contributed by atoms with Gasteiger partial charge in [-0.3, -0.25) is 4.79 Å². The standard InChI is InChI=1S/C14H23N5O3/c1-8(2)10-17-11(22-19-10)9(3)16-13(21)18-14(12(15)20)6-4-5-7-14/h8-9H,4-7H2,1-3H3,(H2,15,20)(H2,16,18,21)/t9-/m1/s1. The second-order valence-electron chi connectivity index (χ2n) is 6.12. The zero-order chi connectivity index (χ0) is 16.3. The molecule has 1 aromatic rings. The molecule has 0 radical (unpaired) electrons. The maximum absolute atomic E-state index is 12.1. The third kappa shape index (κ3) is 3.37. The predicted octanol–water partition coefficient (Wildman–Crippen LogP) is 1.35. The van der Waals surface area contributed by atoms with E-state index in [0.29, 0.717) is 24.6 Å². The Labute approximate surface area is 129 Å². The summed E-state index contributed by atoms with van der Waals surface area (Å²) >= 11 is 0. The molecule has 0 spiro atoms. The van der Waals surface area contributed by atoms with E-state index in [4.69, 9.17) is 10.3 Å². The van der Waals surface area contributed by atoms with Crippen molar-refractivity contribution in [1.29, 1.82) is 0 Å². The smallest absolute Gasteiger partial charge is 0.316 e. The molecule has 1 aliphatic rings. The number of aromatic nitrogens is 2. The van der Waals surface area contributed by atoms with Crippen molar-refractivity contribution >= 4 is 11.9 Å². The Hall–Kier alpha value is -2.12. The molecule has 8 heteroatoms. The highest BCUT2D eigenvalue weighted by molar-refractivity contribution is 5.90. The molecule has 8 nitrogen and oxygen atoms in total. The summed E-state index contributed by atoms with van der Waals surface area (Å²) in [7, 11) is 0. The third-order valence-corrected chi connectivity index (χ3v) is 3.97. The number of rotatable bonds is 5. The molecule has 1 saturated carbocycles. The number of hydrogen-bond donors (Lipinski definition) is 3. The van der Waals surface area contributed by atoms with Crippen molar-refractivity contribution in [1.82, 2.24) is 20.8 Å². The number of nitrogens with one attached hydrogen (secondary N) is 2. The van der Waals surface area contributed by atoms with E-state index in [1.54, 1.807) is 6.92 Å². The lowest BCUT2D eigenvalue weighted by Gasteiger charge is -2.27. The van der Waals surface area contributed by atoms with E-state index in [1.807, 2.05) is 13.8 Å². The SMILES string of the molecule is CC(C)c1noc([C@@H](C)NC(=O)NC2(C(N)=O)CCCC2)n1. The number of amides is 3. The van der Waals surface area contributed by atoms with Crippen LogP contribution in [0.3, 0.4) is 0 Å². The molecule has 0 unspecified atom stereocenters. The molecule has 1 heterocycles. The summed E-state index contributed by atoms with van der Waals surface area (Å²) in [6.07, 6.45) is 2.89. The van der Waals surface area contributed by atoms with Gasteiger partial charge < -0.3 is 20.9 Å². The zero-order valence-corrected chi connectivity index (χ0v) is 13.2. The van der Waals surface area contributed by atoms with Crippen molar-refractivity contribution < 1.29 is 14.1 Å². The number of carbonyl (C=O) groups excluding carboxylic acids is 2. The van der Waals surface area contributed by atoms with Crippen LogP contribution in [-0.4, -0.2) is 27.6 Å². The Bertz CT molecular complexity index is 548. The largest absolute Gasteiger partial charge is 0.368 e. The lowest BCUT2D eigenvalue weighted by atomic mass is 9.97. The summed E-state index contributed by atoms with van der Waals surface area (Å²) in [5.41, 5.74) is 4.49. The number of nitrogens with zero attached hydrogens (tertiary/aromatic N) is 2. The van der Waals surface area contributed by atoms with Crippen LogP contribution in [-0.2, 0) is 4.79 Å². The molecule has 122 valence electrons. The minimum Gasteiger partial charge on any atom is -0.368 e. The van der Waals surface area contributed by atoms with Gasteiger partial charge in [0.05, 0.1) is 0 Å². The van der Waals surface area contributed by atoms with Gasteiger partial charge in [-0.1, -0.05) is 31.8 Å². The molecule has 0 aliphatic heterocycles. The molecular weight excluding hydrogens is 286 g/mol. The molecule has 0 bridgehead atoms. The topological polar surface area (TPSA) is 123 Å². The molecule has 1 aromatic heterocycles. The zero-order valence-electron chi connectivity index (χ0n) is 13.2. The van der Waals surface area contributed by atoms with E-state index in [2.05, 4.69) is 20.8 Å². The van der Waals surface area contributed by atoms with E-state index in [-0.39, 0.29) is 5.92 Å². The first-order valence-electron chi connectivity index (χ1n) is 7.56. The summed E-state index contributed by atoms with van der Waals surface area (Å²) in [6.45, 7) is 5.65. The average molecular weight is 309 g/mol. The van der Waals surface area contributed by atoms with Gasteiger partial charge in [0.15, 0.2) is 5.82 Å². The Morgan fingerprint density at radius 3 is 2.41 bits per heavy atom. The van der Waals surface area contributed by atoms with E-state index < -0.39 is 23.5 Å². The average Bonchev–Trinajstić information content (AvgIpc) is 3.07. The van der Waals surface area contributed by atoms with Crippen molar-refractivity contribution in [3.63, 3.8) is 0 Å². The lowest BCUT2D eigenvalue weighted by molar-refractivity contribution is -0.123. The van der Waals surface area contributed by atoms with Gasteiger partial charge in [-0.15, -0.1) is 0 Å². The minimum atomic E-state index is -0.943. The van der Waals surface area contributed by atoms with Crippen LogP contribution >= 0.6 is 0 Å². The minimum absolute atomic E-state index is 0.148. The monoisotopic (exact) mass is 309 g/mol. The lowest BCUT2D eigenvalue weighted by Crippen LogP contribution is -2.58. The second-order valence-corrected chi connectivity index (χ2v) is 6.12. The van der Waals surface area contributed by atoms with Crippen molar-refractivity contribution in [2.75, 3.05) is 0 Å². The van der Waals surface area contributed by atoms with Crippen LogP contribution in [0.5, 0.6) is 0 Å². The number of carbonyl (C=O) groups is 2. The van der Waals surface area contributed by atoms with E-state index in [0.717, 1.165) is 12.8 Å². The molecule has 22 heavy (non-hydrogen) atoms. The molecule has 1 aliphatic carbocycles. The molecule has 0 saturated heterocycles. The Morgan fingerprint density at radius 1 is 1.27 bits per heavy atom. The van der Waals surface area contributed by atoms with Crippen molar-refractivity contribution in [3.8, 4) is 0 Å². The summed E-state index contributed by atoms with van der Waals surface area (Å²) < 4.78 is 5.14. The Kier molecular flexibility index (Phi) is 4.68. The summed E-state index contributed by atoms with van der Waals surface area (Å²) in [4.78, 5) is 28.0. The molecule has 2 rings (SSSR count).